The van der Waals surface area contributed by atoms with Crippen molar-refractivity contribution in [2.75, 3.05) is 19.8 Å². The highest BCUT2D eigenvalue weighted by atomic mass is 16.5. The quantitative estimate of drug-likeness (QED) is 0.539. The average Bonchev–Trinajstić information content (AvgIpc) is 2.30. The normalized spacial score (nSPS) is 10.3. The summed E-state index contributed by atoms with van der Waals surface area (Å²) < 4.78 is 10.9. The van der Waals surface area contributed by atoms with E-state index in [2.05, 4.69) is 0 Å². The fraction of sp³-hybridized carbons (Fsp3) is 0.500. The van der Waals surface area contributed by atoms with E-state index in [4.69, 9.17) is 9.47 Å². The summed E-state index contributed by atoms with van der Waals surface area (Å²) in [6, 6.07) is 5.51. The minimum Gasteiger partial charge on any atom is -0.493 e. The number of ketones is 1. The highest BCUT2D eigenvalue weighted by molar-refractivity contribution is 5.94. The minimum absolute atomic E-state index is 0.0796. The molecule has 94 valence electrons. The summed E-state index contributed by atoms with van der Waals surface area (Å²) in [5.41, 5.74) is 1.72. The van der Waals surface area contributed by atoms with Crippen molar-refractivity contribution in [3.63, 3.8) is 0 Å². The molecule has 0 saturated carbocycles. The first-order chi connectivity index (χ1) is 8.15. The molecule has 0 aliphatic heterocycles. The van der Waals surface area contributed by atoms with Crippen LogP contribution in [0.4, 0.5) is 0 Å². The van der Waals surface area contributed by atoms with Gasteiger partial charge in [0.1, 0.15) is 5.75 Å². The van der Waals surface area contributed by atoms with Gasteiger partial charge in [-0.2, -0.15) is 0 Å². The van der Waals surface area contributed by atoms with Crippen molar-refractivity contribution in [3.05, 3.63) is 29.3 Å². The fourth-order valence-electron chi connectivity index (χ4n) is 1.52. The lowest BCUT2D eigenvalue weighted by molar-refractivity contribution is 0.101. The number of benzene rings is 1. The topological polar surface area (TPSA) is 35.5 Å². The molecule has 3 heteroatoms. The van der Waals surface area contributed by atoms with Crippen LogP contribution in [-0.2, 0) is 4.74 Å². The molecule has 0 aromatic heterocycles. The van der Waals surface area contributed by atoms with Gasteiger partial charge in [0.25, 0.3) is 0 Å². The summed E-state index contributed by atoms with van der Waals surface area (Å²) in [6.45, 7) is 7.60. The molecule has 0 unspecified atom stereocenters. The Labute approximate surface area is 103 Å². The molecule has 0 aliphatic carbocycles. The van der Waals surface area contributed by atoms with Crippen molar-refractivity contribution in [2.24, 2.45) is 0 Å². The molecule has 3 nitrogen and oxygen atoms in total. The Morgan fingerprint density at radius 2 is 2.06 bits per heavy atom. The summed E-state index contributed by atoms with van der Waals surface area (Å²) in [5.74, 6) is 0.919. The highest BCUT2D eigenvalue weighted by Crippen LogP contribution is 2.19. The van der Waals surface area contributed by atoms with E-state index in [9.17, 15) is 4.79 Å². The second-order valence-corrected chi connectivity index (χ2v) is 3.94. The Balaban J connectivity index is 2.46. The Morgan fingerprint density at radius 1 is 1.29 bits per heavy atom. The molecule has 0 aliphatic rings. The van der Waals surface area contributed by atoms with Gasteiger partial charge in [0.15, 0.2) is 5.78 Å². The third kappa shape index (κ3) is 4.57. The Bertz CT molecular complexity index is 372. The minimum atomic E-state index is 0.0796. The Morgan fingerprint density at radius 3 is 2.65 bits per heavy atom. The van der Waals surface area contributed by atoms with E-state index in [1.807, 2.05) is 26.0 Å². The van der Waals surface area contributed by atoms with Gasteiger partial charge in [-0.05, 0) is 44.5 Å². The van der Waals surface area contributed by atoms with Gasteiger partial charge in [0, 0.05) is 25.2 Å². The third-order valence-electron chi connectivity index (χ3n) is 2.48. The van der Waals surface area contributed by atoms with E-state index in [0.29, 0.717) is 6.61 Å². The molecule has 0 amide bonds. The monoisotopic (exact) mass is 236 g/mol. The number of ether oxygens (including phenoxy) is 2. The van der Waals surface area contributed by atoms with Gasteiger partial charge in [0.05, 0.1) is 6.61 Å². The predicted molar refractivity (Wildman–Crippen MR) is 67.8 cm³/mol. The van der Waals surface area contributed by atoms with E-state index in [1.54, 1.807) is 13.0 Å². The van der Waals surface area contributed by atoms with Crippen LogP contribution in [-0.4, -0.2) is 25.6 Å². The van der Waals surface area contributed by atoms with Crippen LogP contribution in [0.25, 0.3) is 0 Å². The standard InChI is InChI=1S/C14H20O3/c1-4-16-8-5-9-17-14-7-6-13(12(3)15)10-11(14)2/h6-7,10H,4-5,8-9H2,1-3H3. The molecule has 0 atom stereocenters. The maximum Gasteiger partial charge on any atom is 0.159 e. The van der Waals surface area contributed by atoms with Crippen LogP contribution in [0.3, 0.4) is 0 Å². The molecule has 17 heavy (non-hydrogen) atoms. The van der Waals surface area contributed by atoms with E-state index in [0.717, 1.165) is 36.5 Å². The summed E-state index contributed by atoms with van der Waals surface area (Å²) in [7, 11) is 0. The SMILES string of the molecule is CCOCCCOc1ccc(C(C)=O)cc1C. The first-order valence-corrected chi connectivity index (χ1v) is 5.97. The fourth-order valence-corrected chi connectivity index (χ4v) is 1.52. The van der Waals surface area contributed by atoms with Crippen LogP contribution in [0.2, 0.25) is 0 Å². The molecular formula is C14H20O3. The van der Waals surface area contributed by atoms with Gasteiger partial charge in [0.2, 0.25) is 0 Å². The molecule has 0 bridgehead atoms. The molecule has 0 heterocycles. The van der Waals surface area contributed by atoms with Gasteiger partial charge < -0.3 is 9.47 Å². The largest absolute Gasteiger partial charge is 0.493 e. The first-order valence-electron chi connectivity index (χ1n) is 5.97. The molecule has 1 aromatic rings. The summed E-state index contributed by atoms with van der Waals surface area (Å²) >= 11 is 0. The van der Waals surface area contributed by atoms with Gasteiger partial charge in [-0.25, -0.2) is 0 Å². The zero-order valence-corrected chi connectivity index (χ0v) is 10.8. The number of carbonyl (C=O) groups is 1. The van der Waals surface area contributed by atoms with Crippen molar-refractivity contribution in [3.8, 4) is 5.75 Å². The van der Waals surface area contributed by atoms with E-state index >= 15 is 0 Å². The second-order valence-electron chi connectivity index (χ2n) is 3.94. The average molecular weight is 236 g/mol. The van der Waals surface area contributed by atoms with Crippen LogP contribution < -0.4 is 4.74 Å². The number of hydrogen-bond acceptors (Lipinski definition) is 3. The van der Waals surface area contributed by atoms with Crippen molar-refractivity contribution in [1.82, 2.24) is 0 Å². The van der Waals surface area contributed by atoms with Gasteiger partial charge in [-0.15, -0.1) is 0 Å². The number of carbonyl (C=O) groups excluding carboxylic acids is 1. The van der Waals surface area contributed by atoms with Crippen molar-refractivity contribution in [2.45, 2.75) is 27.2 Å². The third-order valence-corrected chi connectivity index (χ3v) is 2.48. The van der Waals surface area contributed by atoms with Crippen LogP contribution in [0.15, 0.2) is 18.2 Å². The Kier molecular flexibility index (Phi) is 5.70. The summed E-state index contributed by atoms with van der Waals surface area (Å²) in [4.78, 5) is 11.2. The van der Waals surface area contributed by atoms with E-state index < -0.39 is 0 Å². The van der Waals surface area contributed by atoms with Gasteiger partial charge in [-0.3, -0.25) is 4.79 Å². The highest BCUT2D eigenvalue weighted by Gasteiger charge is 2.04. The molecule has 0 radical (unpaired) electrons. The van der Waals surface area contributed by atoms with E-state index in [1.165, 1.54) is 0 Å². The van der Waals surface area contributed by atoms with Crippen LogP contribution in [0, 0.1) is 6.92 Å². The van der Waals surface area contributed by atoms with Crippen LogP contribution in [0.5, 0.6) is 5.75 Å². The maximum absolute atomic E-state index is 11.2. The molecule has 0 saturated heterocycles. The number of aryl methyl sites for hydroxylation is 1. The molecule has 0 spiro atoms. The van der Waals surface area contributed by atoms with Crippen molar-refractivity contribution >= 4 is 5.78 Å². The number of rotatable bonds is 7. The zero-order chi connectivity index (χ0) is 12.7. The van der Waals surface area contributed by atoms with Gasteiger partial charge >= 0.3 is 0 Å². The second kappa shape index (κ2) is 7.07. The smallest absolute Gasteiger partial charge is 0.159 e. The molecular weight excluding hydrogens is 216 g/mol. The molecule has 1 rings (SSSR count). The van der Waals surface area contributed by atoms with Crippen molar-refractivity contribution in [1.29, 1.82) is 0 Å². The van der Waals surface area contributed by atoms with Crippen LogP contribution >= 0.6 is 0 Å². The summed E-state index contributed by atoms with van der Waals surface area (Å²) in [5, 5.41) is 0. The summed E-state index contributed by atoms with van der Waals surface area (Å²) in [6.07, 6.45) is 0.877. The Hall–Kier alpha value is -1.35. The maximum atomic E-state index is 11.2. The zero-order valence-electron chi connectivity index (χ0n) is 10.8. The van der Waals surface area contributed by atoms with E-state index in [-0.39, 0.29) is 5.78 Å². The first kappa shape index (κ1) is 13.7. The predicted octanol–water partition coefficient (Wildman–Crippen LogP) is 3.00. The molecule has 0 fully saturated rings. The lowest BCUT2D eigenvalue weighted by atomic mass is 10.1. The molecule has 1 aromatic carbocycles. The van der Waals surface area contributed by atoms with Crippen molar-refractivity contribution < 1.29 is 14.3 Å². The van der Waals surface area contributed by atoms with Crippen LogP contribution in [0.1, 0.15) is 36.2 Å². The lowest BCUT2D eigenvalue weighted by Crippen LogP contribution is -2.04. The number of Topliss-reactive ketones (excluding diaryl/α,β-unsaturated/α-hetero) is 1. The number of hydrogen-bond donors (Lipinski definition) is 0. The van der Waals surface area contributed by atoms with Gasteiger partial charge in [-0.1, -0.05) is 0 Å². The molecule has 0 N–H and O–H groups in total. The lowest BCUT2D eigenvalue weighted by Gasteiger charge is -2.09.